The van der Waals surface area contributed by atoms with E-state index >= 15 is 0 Å². The lowest BCUT2D eigenvalue weighted by Crippen LogP contribution is -2.28. The smallest absolute Gasteiger partial charge is 0.144 e. The summed E-state index contributed by atoms with van der Waals surface area (Å²) in [6.45, 7) is 1.70. The maximum absolute atomic E-state index is 13.5. The van der Waals surface area contributed by atoms with Crippen molar-refractivity contribution in [1.29, 1.82) is 0 Å². The average molecular weight is 232 g/mol. The van der Waals surface area contributed by atoms with Crippen molar-refractivity contribution in [2.45, 2.75) is 18.8 Å². The lowest BCUT2D eigenvalue weighted by Gasteiger charge is -2.23. The predicted molar refractivity (Wildman–Crippen MR) is 56.2 cm³/mol. The van der Waals surface area contributed by atoms with Crippen LogP contribution in [0.2, 0.25) is 5.02 Å². The molecule has 0 aromatic heterocycles. The van der Waals surface area contributed by atoms with Gasteiger partial charge in [-0.3, -0.25) is 0 Å². The molecule has 0 saturated carbocycles. The second-order valence-electron chi connectivity index (χ2n) is 3.83. The van der Waals surface area contributed by atoms with Crippen LogP contribution in [-0.4, -0.2) is 13.1 Å². The van der Waals surface area contributed by atoms with Gasteiger partial charge in [0.25, 0.3) is 0 Å². The molecular weight excluding hydrogens is 220 g/mol. The normalized spacial score (nSPS) is 21.7. The molecule has 1 atom stereocenters. The van der Waals surface area contributed by atoms with E-state index in [0.717, 1.165) is 32.0 Å². The molecule has 1 aliphatic rings. The van der Waals surface area contributed by atoms with Gasteiger partial charge >= 0.3 is 0 Å². The molecule has 2 rings (SSSR count). The SMILES string of the molecule is Fc1cc(F)c(C2CCCNC2)cc1Cl. The third-order valence-electron chi connectivity index (χ3n) is 2.78. The summed E-state index contributed by atoms with van der Waals surface area (Å²) in [5, 5.41) is 3.19. The Morgan fingerprint density at radius 3 is 2.73 bits per heavy atom. The van der Waals surface area contributed by atoms with Crippen LogP contribution in [0.15, 0.2) is 12.1 Å². The van der Waals surface area contributed by atoms with E-state index in [1.165, 1.54) is 6.07 Å². The molecule has 15 heavy (non-hydrogen) atoms. The summed E-state index contributed by atoms with van der Waals surface area (Å²) in [5.74, 6) is -1.08. The van der Waals surface area contributed by atoms with Crippen LogP contribution < -0.4 is 5.32 Å². The molecule has 0 radical (unpaired) electrons. The first-order valence-corrected chi connectivity index (χ1v) is 5.41. The number of hydrogen-bond acceptors (Lipinski definition) is 1. The number of piperidine rings is 1. The van der Waals surface area contributed by atoms with Gasteiger partial charge in [0.2, 0.25) is 0 Å². The fourth-order valence-electron chi connectivity index (χ4n) is 1.97. The van der Waals surface area contributed by atoms with E-state index in [1.807, 2.05) is 0 Å². The Labute approximate surface area is 92.4 Å². The molecule has 82 valence electrons. The quantitative estimate of drug-likeness (QED) is 0.733. The highest BCUT2D eigenvalue weighted by Crippen LogP contribution is 2.29. The van der Waals surface area contributed by atoms with E-state index in [2.05, 4.69) is 5.32 Å². The van der Waals surface area contributed by atoms with Crippen LogP contribution in [0.25, 0.3) is 0 Å². The highest BCUT2D eigenvalue weighted by Gasteiger charge is 2.20. The Kier molecular flexibility index (Phi) is 3.22. The molecule has 1 aromatic carbocycles. The summed E-state index contributed by atoms with van der Waals surface area (Å²) < 4.78 is 26.4. The van der Waals surface area contributed by atoms with Crippen molar-refractivity contribution >= 4 is 11.6 Å². The molecule has 0 bridgehead atoms. The van der Waals surface area contributed by atoms with Gasteiger partial charge in [-0.1, -0.05) is 11.6 Å². The molecule has 1 unspecified atom stereocenters. The van der Waals surface area contributed by atoms with Crippen LogP contribution in [0.1, 0.15) is 24.3 Å². The van der Waals surface area contributed by atoms with E-state index < -0.39 is 11.6 Å². The van der Waals surface area contributed by atoms with Crippen LogP contribution in [0.4, 0.5) is 8.78 Å². The van der Waals surface area contributed by atoms with E-state index in [0.29, 0.717) is 5.56 Å². The molecule has 1 fully saturated rings. The summed E-state index contributed by atoms with van der Waals surface area (Å²) in [7, 11) is 0. The van der Waals surface area contributed by atoms with Gasteiger partial charge in [0, 0.05) is 12.6 Å². The van der Waals surface area contributed by atoms with E-state index in [4.69, 9.17) is 11.6 Å². The van der Waals surface area contributed by atoms with Crippen molar-refractivity contribution in [2.24, 2.45) is 0 Å². The van der Waals surface area contributed by atoms with E-state index in [9.17, 15) is 8.78 Å². The fourth-order valence-corrected chi connectivity index (χ4v) is 2.14. The minimum Gasteiger partial charge on any atom is -0.316 e. The maximum atomic E-state index is 13.5. The lowest BCUT2D eigenvalue weighted by molar-refractivity contribution is 0.444. The molecule has 0 spiro atoms. The van der Waals surface area contributed by atoms with E-state index in [-0.39, 0.29) is 10.9 Å². The van der Waals surface area contributed by atoms with Gasteiger partial charge in [0.05, 0.1) is 5.02 Å². The van der Waals surface area contributed by atoms with Crippen molar-refractivity contribution in [3.8, 4) is 0 Å². The van der Waals surface area contributed by atoms with Gasteiger partial charge in [0.1, 0.15) is 11.6 Å². The molecule has 1 nitrogen and oxygen atoms in total. The molecule has 1 aliphatic heterocycles. The maximum Gasteiger partial charge on any atom is 0.144 e. The molecule has 4 heteroatoms. The van der Waals surface area contributed by atoms with Crippen LogP contribution in [-0.2, 0) is 0 Å². The number of hydrogen-bond donors (Lipinski definition) is 1. The van der Waals surface area contributed by atoms with Crippen LogP contribution in [0.5, 0.6) is 0 Å². The van der Waals surface area contributed by atoms with Gasteiger partial charge in [-0.05, 0) is 36.9 Å². The number of nitrogens with one attached hydrogen (secondary N) is 1. The first kappa shape index (κ1) is 10.8. The summed E-state index contributed by atoms with van der Waals surface area (Å²) in [6, 6.07) is 2.27. The standard InChI is InChI=1S/C11H12ClF2N/c12-9-4-8(10(13)5-11(9)14)7-2-1-3-15-6-7/h4-5,7,15H,1-3,6H2. The molecule has 1 heterocycles. The second kappa shape index (κ2) is 4.45. The molecular formula is C11H12ClF2N. The molecule has 0 amide bonds. The molecule has 1 saturated heterocycles. The summed E-state index contributed by atoms with van der Waals surface area (Å²) in [6.07, 6.45) is 1.94. The Balaban J connectivity index is 2.30. The van der Waals surface area contributed by atoms with Gasteiger partial charge < -0.3 is 5.32 Å². The van der Waals surface area contributed by atoms with E-state index in [1.54, 1.807) is 0 Å². The fraction of sp³-hybridized carbons (Fsp3) is 0.455. The minimum atomic E-state index is -0.693. The molecule has 1 N–H and O–H groups in total. The Hall–Kier alpha value is -0.670. The van der Waals surface area contributed by atoms with Crippen molar-refractivity contribution in [1.82, 2.24) is 5.32 Å². The lowest BCUT2D eigenvalue weighted by atomic mass is 9.91. The number of halogens is 3. The Morgan fingerprint density at radius 1 is 1.27 bits per heavy atom. The summed E-state index contributed by atoms with van der Waals surface area (Å²) in [4.78, 5) is 0. The minimum absolute atomic E-state index is 0.00280. The van der Waals surface area contributed by atoms with Crippen molar-refractivity contribution in [3.63, 3.8) is 0 Å². The first-order valence-electron chi connectivity index (χ1n) is 5.03. The molecule has 1 aromatic rings. The largest absolute Gasteiger partial charge is 0.316 e. The third-order valence-corrected chi connectivity index (χ3v) is 3.07. The number of rotatable bonds is 1. The topological polar surface area (TPSA) is 12.0 Å². The zero-order chi connectivity index (χ0) is 10.8. The van der Waals surface area contributed by atoms with Gasteiger partial charge in [-0.25, -0.2) is 8.78 Å². The summed E-state index contributed by atoms with van der Waals surface area (Å²) in [5.41, 5.74) is 0.522. The summed E-state index contributed by atoms with van der Waals surface area (Å²) >= 11 is 5.64. The van der Waals surface area contributed by atoms with Gasteiger partial charge in [0.15, 0.2) is 0 Å². The predicted octanol–water partition coefficient (Wildman–Crippen LogP) is 3.09. The van der Waals surface area contributed by atoms with Crippen molar-refractivity contribution < 1.29 is 8.78 Å². The van der Waals surface area contributed by atoms with Crippen molar-refractivity contribution in [3.05, 3.63) is 34.4 Å². The highest BCUT2D eigenvalue weighted by molar-refractivity contribution is 6.30. The first-order chi connectivity index (χ1) is 7.18. The zero-order valence-electron chi connectivity index (χ0n) is 8.19. The van der Waals surface area contributed by atoms with Crippen LogP contribution in [0.3, 0.4) is 0 Å². The average Bonchev–Trinajstić information content (AvgIpc) is 2.25. The van der Waals surface area contributed by atoms with Gasteiger partial charge in [-0.2, -0.15) is 0 Å². The second-order valence-corrected chi connectivity index (χ2v) is 4.24. The Morgan fingerprint density at radius 2 is 2.07 bits per heavy atom. The number of benzene rings is 1. The highest BCUT2D eigenvalue weighted by atomic mass is 35.5. The Bertz CT molecular complexity index is 362. The van der Waals surface area contributed by atoms with Gasteiger partial charge in [-0.15, -0.1) is 0 Å². The monoisotopic (exact) mass is 231 g/mol. The molecule has 0 aliphatic carbocycles. The van der Waals surface area contributed by atoms with Crippen LogP contribution >= 0.6 is 11.6 Å². The van der Waals surface area contributed by atoms with Crippen molar-refractivity contribution in [2.75, 3.05) is 13.1 Å². The van der Waals surface area contributed by atoms with Crippen LogP contribution in [0, 0.1) is 11.6 Å². The zero-order valence-corrected chi connectivity index (χ0v) is 8.95. The third kappa shape index (κ3) is 2.29.